The Balaban J connectivity index is 2.79. The first-order chi connectivity index (χ1) is 5.75. The number of fused-ring (bicyclic) bond motifs is 1. The Morgan fingerprint density at radius 2 is 1.08 bits per heavy atom. The van der Waals surface area contributed by atoms with Crippen LogP contribution in [0.3, 0.4) is 0 Å². The fraction of sp³-hybridized carbons (Fsp3) is 0. The van der Waals surface area contributed by atoms with Crippen LogP contribution in [0.15, 0.2) is 36.4 Å². The maximum absolute atomic E-state index is 2.71. The molecule has 0 spiro atoms. The third-order valence-corrected chi connectivity index (χ3v) is 2.61. The number of benzene rings is 2. The van der Waals surface area contributed by atoms with Crippen LogP contribution in [0.2, 0.25) is 0 Å². The van der Waals surface area contributed by atoms with Crippen molar-refractivity contribution in [3.05, 3.63) is 36.4 Å². The van der Waals surface area contributed by atoms with Crippen LogP contribution in [0.1, 0.15) is 0 Å². The molecule has 0 heterocycles. The van der Waals surface area contributed by atoms with E-state index in [1.54, 1.807) is 0 Å². The van der Waals surface area contributed by atoms with Gasteiger partial charge >= 0.3 is 0 Å². The molecule has 0 aliphatic rings. The van der Waals surface area contributed by atoms with Crippen LogP contribution in [-0.4, -0.2) is 0 Å². The van der Waals surface area contributed by atoms with Gasteiger partial charge in [0.15, 0.2) is 0 Å². The summed E-state index contributed by atoms with van der Waals surface area (Å²) in [7, 11) is 5.42. The van der Waals surface area contributed by atoms with Crippen molar-refractivity contribution < 1.29 is 0 Å². The van der Waals surface area contributed by atoms with Crippen LogP contribution in [0.4, 0.5) is 0 Å². The molecule has 0 radical (unpaired) electrons. The van der Waals surface area contributed by atoms with Crippen molar-refractivity contribution in [1.29, 1.82) is 0 Å². The lowest BCUT2D eigenvalue weighted by Gasteiger charge is -1.99. The lowest BCUT2D eigenvalue weighted by Crippen LogP contribution is -1.92. The Morgan fingerprint density at radius 3 is 1.50 bits per heavy atom. The number of hydrogen-bond donors (Lipinski definition) is 0. The van der Waals surface area contributed by atoms with Gasteiger partial charge in [0.25, 0.3) is 0 Å². The maximum Gasteiger partial charge on any atom is -0.0177 e. The first-order valence-corrected chi connectivity index (χ1v) is 4.96. The number of rotatable bonds is 0. The monoisotopic (exact) mass is 192 g/mol. The fourth-order valence-corrected chi connectivity index (χ4v) is 1.83. The Kier molecular flexibility index (Phi) is 2.13. The van der Waals surface area contributed by atoms with Crippen LogP contribution in [-0.2, 0) is 0 Å². The number of hydrogen-bond acceptors (Lipinski definition) is 0. The molecule has 0 nitrogen and oxygen atoms in total. The first kappa shape index (κ1) is 8.17. The van der Waals surface area contributed by atoms with E-state index < -0.39 is 0 Å². The lowest BCUT2D eigenvalue weighted by molar-refractivity contribution is 1.84. The quantitative estimate of drug-likeness (QED) is 0.559. The van der Waals surface area contributed by atoms with E-state index in [9.17, 15) is 0 Å². The molecule has 0 N–H and O–H groups in total. The molecule has 0 bridgehead atoms. The molecule has 0 saturated heterocycles. The van der Waals surface area contributed by atoms with Crippen LogP contribution in [0, 0.1) is 0 Å². The van der Waals surface area contributed by atoms with Gasteiger partial charge in [-0.3, -0.25) is 0 Å². The Hall–Kier alpha value is -0.440. The molecule has 2 rings (SSSR count). The summed E-state index contributed by atoms with van der Waals surface area (Å²) in [6.45, 7) is 0. The molecule has 2 aromatic carbocycles. The summed E-state index contributed by atoms with van der Waals surface area (Å²) < 4.78 is 0. The molecular weight excluding hydrogens is 182 g/mol. The molecule has 2 aromatic rings. The standard InChI is InChI=1S/C10H10P2/c11-9-3-1-7-5-10(12)4-2-8(7)6-9/h1-6H,11-12H2. The lowest BCUT2D eigenvalue weighted by atomic mass is 10.1. The predicted molar refractivity (Wildman–Crippen MR) is 62.6 cm³/mol. The van der Waals surface area contributed by atoms with Crippen molar-refractivity contribution in [3.8, 4) is 0 Å². The predicted octanol–water partition coefficient (Wildman–Crippen LogP) is 1.84. The van der Waals surface area contributed by atoms with E-state index in [2.05, 4.69) is 54.9 Å². The summed E-state index contributed by atoms with van der Waals surface area (Å²) in [5.74, 6) is 0. The molecular formula is C10H10P2. The average molecular weight is 192 g/mol. The van der Waals surface area contributed by atoms with E-state index >= 15 is 0 Å². The summed E-state index contributed by atoms with van der Waals surface area (Å²) in [6, 6.07) is 12.8. The summed E-state index contributed by atoms with van der Waals surface area (Å²) in [5, 5.41) is 5.07. The van der Waals surface area contributed by atoms with Gasteiger partial charge in [-0.2, -0.15) is 0 Å². The zero-order valence-corrected chi connectivity index (χ0v) is 8.93. The van der Waals surface area contributed by atoms with Gasteiger partial charge in [0.2, 0.25) is 0 Å². The van der Waals surface area contributed by atoms with Crippen molar-refractivity contribution in [3.63, 3.8) is 0 Å². The van der Waals surface area contributed by atoms with Crippen molar-refractivity contribution in [2.24, 2.45) is 0 Å². The van der Waals surface area contributed by atoms with E-state index in [0.717, 1.165) is 0 Å². The molecule has 2 heteroatoms. The molecule has 0 aliphatic carbocycles. The molecule has 0 fully saturated rings. The second-order valence-corrected chi connectivity index (χ2v) is 4.20. The third-order valence-electron chi connectivity index (χ3n) is 1.89. The Bertz CT molecular complexity index is 380. The highest BCUT2D eigenvalue weighted by Gasteiger charge is 1.92. The molecule has 0 amide bonds. The van der Waals surface area contributed by atoms with Crippen LogP contribution >= 0.6 is 18.5 Å². The Labute approximate surface area is 76.8 Å². The molecule has 0 aromatic heterocycles. The molecule has 0 saturated carbocycles. The second kappa shape index (κ2) is 3.13. The van der Waals surface area contributed by atoms with E-state index in [1.165, 1.54) is 21.4 Å². The minimum absolute atomic E-state index is 1.24. The minimum atomic E-state index is 1.24. The SMILES string of the molecule is Pc1ccc2cc(P)ccc2c1. The van der Waals surface area contributed by atoms with Crippen molar-refractivity contribution in [1.82, 2.24) is 0 Å². The highest BCUT2D eigenvalue weighted by atomic mass is 31.0. The average Bonchev–Trinajstić information content (AvgIpc) is 2.05. The normalized spacial score (nSPS) is 10.5. The van der Waals surface area contributed by atoms with Crippen LogP contribution in [0.5, 0.6) is 0 Å². The van der Waals surface area contributed by atoms with Gasteiger partial charge in [-0.05, 0) is 33.5 Å². The molecule has 60 valence electrons. The summed E-state index contributed by atoms with van der Waals surface area (Å²) >= 11 is 0. The van der Waals surface area contributed by atoms with Gasteiger partial charge in [-0.1, -0.05) is 24.3 Å². The van der Waals surface area contributed by atoms with Crippen molar-refractivity contribution >= 4 is 39.9 Å². The smallest absolute Gasteiger partial charge is 0.0177 e. The van der Waals surface area contributed by atoms with Crippen LogP contribution in [0.25, 0.3) is 10.8 Å². The molecule has 12 heavy (non-hydrogen) atoms. The Morgan fingerprint density at radius 1 is 0.667 bits per heavy atom. The van der Waals surface area contributed by atoms with Crippen LogP contribution < -0.4 is 10.6 Å². The zero-order valence-electron chi connectivity index (χ0n) is 6.62. The topological polar surface area (TPSA) is 0 Å². The highest BCUT2D eigenvalue weighted by molar-refractivity contribution is 7.27. The minimum Gasteiger partial charge on any atom is -0.106 e. The molecule has 2 unspecified atom stereocenters. The zero-order chi connectivity index (χ0) is 8.55. The third kappa shape index (κ3) is 1.51. The highest BCUT2D eigenvalue weighted by Crippen LogP contribution is 2.12. The van der Waals surface area contributed by atoms with E-state index in [0.29, 0.717) is 0 Å². The van der Waals surface area contributed by atoms with Crippen molar-refractivity contribution in [2.45, 2.75) is 0 Å². The van der Waals surface area contributed by atoms with Crippen molar-refractivity contribution in [2.75, 3.05) is 0 Å². The van der Waals surface area contributed by atoms with Gasteiger partial charge in [0, 0.05) is 0 Å². The second-order valence-electron chi connectivity index (χ2n) is 2.87. The van der Waals surface area contributed by atoms with Gasteiger partial charge in [-0.15, -0.1) is 18.5 Å². The first-order valence-electron chi connectivity index (χ1n) is 3.80. The van der Waals surface area contributed by atoms with Gasteiger partial charge in [0.05, 0.1) is 0 Å². The van der Waals surface area contributed by atoms with E-state index in [4.69, 9.17) is 0 Å². The van der Waals surface area contributed by atoms with E-state index in [1.807, 2.05) is 0 Å². The summed E-state index contributed by atoms with van der Waals surface area (Å²) in [6.07, 6.45) is 0. The fourth-order valence-electron chi connectivity index (χ4n) is 1.28. The van der Waals surface area contributed by atoms with Gasteiger partial charge < -0.3 is 0 Å². The maximum atomic E-state index is 2.71. The van der Waals surface area contributed by atoms with Gasteiger partial charge in [0.1, 0.15) is 0 Å². The summed E-state index contributed by atoms with van der Waals surface area (Å²) in [5.41, 5.74) is 0. The van der Waals surface area contributed by atoms with Gasteiger partial charge in [-0.25, -0.2) is 0 Å². The molecule has 0 aliphatic heterocycles. The van der Waals surface area contributed by atoms with E-state index in [-0.39, 0.29) is 0 Å². The largest absolute Gasteiger partial charge is 0.106 e. The summed E-state index contributed by atoms with van der Waals surface area (Å²) in [4.78, 5) is 0. The molecule has 2 atom stereocenters.